The van der Waals surface area contributed by atoms with Crippen molar-refractivity contribution in [2.75, 3.05) is 12.4 Å². The normalized spacial score (nSPS) is 16.3. The van der Waals surface area contributed by atoms with E-state index in [1.54, 1.807) is 38.3 Å². The molecule has 3 rings (SSSR count). The Kier molecular flexibility index (Phi) is 7.21. The van der Waals surface area contributed by atoms with Crippen LogP contribution >= 0.6 is 12.4 Å². The summed E-state index contributed by atoms with van der Waals surface area (Å²) >= 11 is 0. The van der Waals surface area contributed by atoms with E-state index >= 15 is 0 Å². The summed E-state index contributed by atoms with van der Waals surface area (Å²) in [6.45, 7) is 2.33. The van der Waals surface area contributed by atoms with Gasteiger partial charge in [-0.25, -0.2) is 0 Å². The zero-order chi connectivity index (χ0) is 18.5. The summed E-state index contributed by atoms with van der Waals surface area (Å²) in [6, 6.07) is 14.1. The van der Waals surface area contributed by atoms with E-state index in [0.29, 0.717) is 24.4 Å². The summed E-state index contributed by atoms with van der Waals surface area (Å²) < 4.78 is 5.09. The van der Waals surface area contributed by atoms with Gasteiger partial charge in [0.05, 0.1) is 13.2 Å². The van der Waals surface area contributed by atoms with E-state index in [9.17, 15) is 9.59 Å². The van der Waals surface area contributed by atoms with Crippen molar-refractivity contribution in [2.45, 2.75) is 32.0 Å². The second kappa shape index (κ2) is 9.39. The highest BCUT2D eigenvalue weighted by Gasteiger charge is 2.26. The topological polar surface area (TPSA) is 79.5 Å². The first kappa shape index (κ1) is 20.7. The number of hydrogen-bond acceptors (Lipinski definition) is 4. The van der Waals surface area contributed by atoms with E-state index in [4.69, 9.17) is 4.74 Å². The molecule has 1 heterocycles. The van der Waals surface area contributed by atoms with Crippen LogP contribution in [-0.2, 0) is 22.6 Å². The number of methoxy groups -OCH3 is 1. The second-order valence-electron chi connectivity index (χ2n) is 6.35. The van der Waals surface area contributed by atoms with Gasteiger partial charge in [0, 0.05) is 12.2 Å². The number of halogens is 1. The lowest BCUT2D eigenvalue weighted by molar-refractivity contribution is -0.127. The molecule has 0 saturated carbocycles. The van der Waals surface area contributed by atoms with Gasteiger partial charge >= 0.3 is 0 Å². The molecule has 1 aliphatic heterocycles. The molecule has 27 heavy (non-hydrogen) atoms. The Bertz CT molecular complexity index is 795. The van der Waals surface area contributed by atoms with Gasteiger partial charge in [-0.3, -0.25) is 9.59 Å². The Labute approximate surface area is 165 Å². The SMILES string of the molecule is COc1ccc(NC(=O)[C@@H](C)NC(=O)[C@@H]2Cc3ccccc3CN2)cc1.Cl. The van der Waals surface area contributed by atoms with Crippen LogP contribution in [0.3, 0.4) is 0 Å². The van der Waals surface area contributed by atoms with E-state index < -0.39 is 6.04 Å². The van der Waals surface area contributed by atoms with Crippen molar-refractivity contribution in [2.24, 2.45) is 0 Å². The van der Waals surface area contributed by atoms with Crippen LogP contribution in [0.2, 0.25) is 0 Å². The van der Waals surface area contributed by atoms with Gasteiger partial charge in [0.1, 0.15) is 11.8 Å². The van der Waals surface area contributed by atoms with Gasteiger partial charge in [-0.15, -0.1) is 12.4 Å². The van der Waals surface area contributed by atoms with E-state index in [2.05, 4.69) is 22.0 Å². The molecule has 0 aromatic heterocycles. The molecular formula is C20H24ClN3O3. The second-order valence-corrected chi connectivity index (χ2v) is 6.35. The summed E-state index contributed by atoms with van der Waals surface area (Å²) in [5.41, 5.74) is 3.03. The van der Waals surface area contributed by atoms with E-state index in [1.807, 2.05) is 18.2 Å². The quantitative estimate of drug-likeness (QED) is 0.733. The van der Waals surface area contributed by atoms with E-state index in [1.165, 1.54) is 11.1 Å². The zero-order valence-electron chi connectivity index (χ0n) is 15.3. The van der Waals surface area contributed by atoms with Crippen molar-refractivity contribution in [1.82, 2.24) is 10.6 Å². The van der Waals surface area contributed by atoms with Crippen LogP contribution in [0.5, 0.6) is 5.75 Å². The van der Waals surface area contributed by atoms with Gasteiger partial charge in [0.25, 0.3) is 0 Å². The lowest BCUT2D eigenvalue weighted by atomic mass is 9.95. The Morgan fingerprint density at radius 3 is 2.44 bits per heavy atom. The molecule has 0 bridgehead atoms. The molecule has 0 saturated heterocycles. The van der Waals surface area contributed by atoms with Crippen molar-refractivity contribution in [1.29, 1.82) is 0 Å². The van der Waals surface area contributed by atoms with Crippen LogP contribution in [-0.4, -0.2) is 31.0 Å². The maximum absolute atomic E-state index is 12.5. The molecule has 144 valence electrons. The largest absolute Gasteiger partial charge is 0.497 e. The van der Waals surface area contributed by atoms with Crippen molar-refractivity contribution in [3.8, 4) is 5.75 Å². The summed E-state index contributed by atoms with van der Waals surface area (Å²) in [5, 5.41) is 8.80. The van der Waals surface area contributed by atoms with Crippen LogP contribution in [0.25, 0.3) is 0 Å². The molecule has 2 amide bonds. The smallest absolute Gasteiger partial charge is 0.246 e. The minimum absolute atomic E-state index is 0. The average molecular weight is 390 g/mol. The number of amides is 2. The summed E-state index contributed by atoms with van der Waals surface area (Å²) in [7, 11) is 1.59. The molecule has 0 aliphatic carbocycles. The highest BCUT2D eigenvalue weighted by atomic mass is 35.5. The molecular weight excluding hydrogens is 366 g/mol. The number of anilines is 1. The molecule has 0 radical (unpaired) electrons. The Balaban J connectivity index is 0.00000261. The third-order valence-electron chi connectivity index (χ3n) is 4.51. The lowest BCUT2D eigenvalue weighted by Gasteiger charge is -2.26. The number of hydrogen-bond donors (Lipinski definition) is 3. The average Bonchev–Trinajstić information content (AvgIpc) is 2.68. The minimum atomic E-state index is -0.636. The standard InChI is InChI=1S/C20H23N3O3.ClH/c1-13(19(24)23-16-7-9-17(26-2)10-8-16)22-20(25)18-11-14-5-3-4-6-15(14)12-21-18;/h3-10,13,18,21H,11-12H2,1-2H3,(H,22,25)(H,23,24);1H/t13-,18+;/m1./s1. The van der Waals surface area contributed by atoms with E-state index in [0.717, 1.165) is 0 Å². The number of fused-ring (bicyclic) bond motifs is 1. The fourth-order valence-corrected chi connectivity index (χ4v) is 2.94. The maximum Gasteiger partial charge on any atom is 0.246 e. The zero-order valence-corrected chi connectivity index (χ0v) is 16.1. The molecule has 0 spiro atoms. The van der Waals surface area contributed by atoms with Gasteiger partial charge in [-0.1, -0.05) is 24.3 Å². The molecule has 1 aliphatic rings. The first-order chi connectivity index (χ1) is 12.6. The van der Waals surface area contributed by atoms with Crippen molar-refractivity contribution >= 4 is 29.9 Å². The number of carbonyl (C=O) groups excluding carboxylic acids is 2. The number of ether oxygens (including phenoxy) is 1. The van der Waals surface area contributed by atoms with Crippen LogP contribution in [0.4, 0.5) is 5.69 Å². The van der Waals surface area contributed by atoms with Gasteiger partial charge in [-0.05, 0) is 48.7 Å². The van der Waals surface area contributed by atoms with Gasteiger partial charge in [0.15, 0.2) is 0 Å². The van der Waals surface area contributed by atoms with Crippen LogP contribution in [0.1, 0.15) is 18.1 Å². The van der Waals surface area contributed by atoms with Crippen LogP contribution in [0.15, 0.2) is 48.5 Å². The first-order valence-electron chi connectivity index (χ1n) is 8.62. The Hall–Kier alpha value is -2.57. The van der Waals surface area contributed by atoms with Gasteiger partial charge < -0.3 is 20.7 Å². The summed E-state index contributed by atoms with van der Waals surface area (Å²) in [4.78, 5) is 24.8. The third-order valence-corrected chi connectivity index (χ3v) is 4.51. The summed E-state index contributed by atoms with van der Waals surface area (Å²) in [6.07, 6.45) is 0.620. The predicted molar refractivity (Wildman–Crippen MR) is 107 cm³/mol. The van der Waals surface area contributed by atoms with Crippen molar-refractivity contribution in [3.63, 3.8) is 0 Å². The minimum Gasteiger partial charge on any atom is -0.497 e. The monoisotopic (exact) mass is 389 g/mol. The predicted octanol–water partition coefficient (Wildman–Crippen LogP) is 2.27. The Morgan fingerprint density at radius 2 is 1.78 bits per heavy atom. The fourth-order valence-electron chi connectivity index (χ4n) is 2.94. The number of benzene rings is 2. The molecule has 7 heteroatoms. The summed E-state index contributed by atoms with van der Waals surface area (Å²) in [5.74, 6) is 0.282. The van der Waals surface area contributed by atoms with Gasteiger partial charge in [0.2, 0.25) is 11.8 Å². The molecule has 2 aromatic carbocycles. The molecule has 3 N–H and O–H groups in total. The first-order valence-corrected chi connectivity index (χ1v) is 8.62. The van der Waals surface area contributed by atoms with Gasteiger partial charge in [-0.2, -0.15) is 0 Å². The molecule has 0 unspecified atom stereocenters. The maximum atomic E-state index is 12.5. The third kappa shape index (κ3) is 5.21. The lowest BCUT2D eigenvalue weighted by Crippen LogP contribution is -2.52. The van der Waals surface area contributed by atoms with Crippen LogP contribution < -0.4 is 20.7 Å². The number of rotatable bonds is 5. The highest BCUT2D eigenvalue weighted by Crippen LogP contribution is 2.17. The highest BCUT2D eigenvalue weighted by molar-refractivity contribution is 5.97. The number of carbonyl (C=O) groups is 2. The number of nitrogens with one attached hydrogen (secondary N) is 3. The Morgan fingerprint density at radius 1 is 1.11 bits per heavy atom. The molecule has 2 aromatic rings. The fraction of sp³-hybridized carbons (Fsp3) is 0.300. The van der Waals surface area contributed by atoms with Crippen molar-refractivity contribution in [3.05, 3.63) is 59.7 Å². The van der Waals surface area contributed by atoms with Crippen molar-refractivity contribution < 1.29 is 14.3 Å². The molecule has 0 fully saturated rings. The molecule has 2 atom stereocenters. The van der Waals surface area contributed by atoms with E-state index in [-0.39, 0.29) is 30.3 Å². The van der Waals surface area contributed by atoms with Crippen LogP contribution in [0, 0.1) is 0 Å². The molecule has 6 nitrogen and oxygen atoms in total.